The van der Waals surface area contributed by atoms with Crippen LogP contribution in [-0.4, -0.2) is 29.7 Å². The van der Waals surface area contributed by atoms with Gasteiger partial charge in [-0.15, -0.1) is 0 Å². The van der Waals surface area contributed by atoms with E-state index >= 15 is 0 Å². The van der Waals surface area contributed by atoms with E-state index in [-0.39, 0.29) is 6.10 Å². The van der Waals surface area contributed by atoms with Gasteiger partial charge in [-0.2, -0.15) is 4.98 Å². The van der Waals surface area contributed by atoms with Crippen molar-refractivity contribution in [3.63, 3.8) is 0 Å². The highest BCUT2D eigenvalue weighted by atomic mass is 16.5. The third-order valence-corrected chi connectivity index (χ3v) is 4.15. The van der Waals surface area contributed by atoms with E-state index in [4.69, 9.17) is 9.47 Å². The van der Waals surface area contributed by atoms with Crippen molar-refractivity contribution in [2.24, 2.45) is 11.8 Å². The van der Waals surface area contributed by atoms with E-state index < -0.39 is 0 Å². The molecule has 0 bridgehead atoms. The van der Waals surface area contributed by atoms with Gasteiger partial charge in [-0.25, -0.2) is 4.98 Å². The minimum atomic E-state index is 0.222. The smallest absolute Gasteiger partial charge is 0.262 e. The molecule has 0 radical (unpaired) electrons. The van der Waals surface area contributed by atoms with Gasteiger partial charge in [0.1, 0.15) is 12.4 Å². The second-order valence-electron chi connectivity index (χ2n) is 5.60. The summed E-state index contributed by atoms with van der Waals surface area (Å²) in [6.07, 6.45) is 5.10. The Kier molecular flexibility index (Phi) is 5.04. The molecule has 2 rings (SSSR count). The second kappa shape index (κ2) is 6.77. The molecule has 0 aliphatic heterocycles. The molecule has 0 saturated heterocycles. The first-order valence-electron chi connectivity index (χ1n) is 7.45. The Morgan fingerprint density at radius 2 is 2.05 bits per heavy atom. The zero-order valence-electron chi connectivity index (χ0n) is 12.8. The van der Waals surface area contributed by atoms with E-state index in [0.29, 0.717) is 23.4 Å². The molecule has 0 spiro atoms. The topological polar surface area (TPSA) is 56.3 Å². The highest BCUT2D eigenvalue weighted by Crippen LogP contribution is 2.36. The predicted octanol–water partition coefficient (Wildman–Crippen LogP) is 3.12. The maximum Gasteiger partial charge on any atom is 0.262 e. The Hall–Kier alpha value is -1.52. The Balaban J connectivity index is 2.10. The van der Waals surface area contributed by atoms with Crippen molar-refractivity contribution in [2.45, 2.75) is 46.1 Å². The average molecular weight is 279 g/mol. The van der Waals surface area contributed by atoms with Crippen LogP contribution in [0.5, 0.6) is 11.6 Å². The summed E-state index contributed by atoms with van der Waals surface area (Å²) in [6.45, 7) is 7.41. The van der Waals surface area contributed by atoms with Gasteiger partial charge in [0.25, 0.3) is 5.88 Å². The van der Waals surface area contributed by atoms with Crippen LogP contribution in [0.25, 0.3) is 0 Å². The van der Waals surface area contributed by atoms with Crippen LogP contribution in [0.1, 0.15) is 40.0 Å². The lowest BCUT2D eigenvalue weighted by Crippen LogP contribution is -2.29. The number of hydrogen-bond acceptors (Lipinski definition) is 5. The van der Waals surface area contributed by atoms with Crippen molar-refractivity contribution in [2.75, 3.05) is 19.0 Å². The molecule has 5 nitrogen and oxygen atoms in total. The van der Waals surface area contributed by atoms with Crippen molar-refractivity contribution >= 4 is 5.82 Å². The van der Waals surface area contributed by atoms with Gasteiger partial charge < -0.3 is 14.8 Å². The molecule has 0 amide bonds. The molecular weight excluding hydrogens is 254 g/mol. The summed E-state index contributed by atoms with van der Waals surface area (Å²) in [7, 11) is 1.62. The summed E-state index contributed by atoms with van der Waals surface area (Å²) in [4.78, 5) is 8.43. The standard InChI is InChI=1S/C15H25N3O2/c1-5-16-14-13(19-4)15(18-9-17-14)20-12-7-6-10(2)11(3)8-12/h9-12H,5-8H2,1-4H3,(H,16,17,18). The zero-order chi connectivity index (χ0) is 14.5. The quantitative estimate of drug-likeness (QED) is 0.897. The monoisotopic (exact) mass is 279 g/mol. The summed E-state index contributed by atoms with van der Waals surface area (Å²) >= 11 is 0. The lowest BCUT2D eigenvalue weighted by atomic mass is 9.80. The Morgan fingerprint density at radius 1 is 1.25 bits per heavy atom. The van der Waals surface area contributed by atoms with E-state index in [0.717, 1.165) is 25.3 Å². The fourth-order valence-corrected chi connectivity index (χ4v) is 2.68. The number of ether oxygens (including phenoxy) is 2. The van der Waals surface area contributed by atoms with Gasteiger partial charge in [-0.3, -0.25) is 0 Å². The number of rotatable bonds is 5. The van der Waals surface area contributed by atoms with Crippen molar-refractivity contribution in [1.29, 1.82) is 0 Å². The van der Waals surface area contributed by atoms with Gasteiger partial charge in [0, 0.05) is 6.54 Å². The summed E-state index contributed by atoms with van der Waals surface area (Å²) < 4.78 is 11.5. The van der Waals surface area contributed by atoms with E-state index in [1.807, 2.05) is 6.92 Å². The van der Waals surface area contributed by atoms with E-state index in [1.165, 1.54) is 12.7 Å². The summed E-state index contributed by atoms with van der Waals surface area (Å²) in [5.74, 6) is 3.30. The summed E-state index contributed by atoms with van der Waals surface area (Å²) in [5, 5.41) is 3.16. The van der Waals surface area contributed by atoms with Crippen molar-refractivity contribution in [3.05, 3.63) is 6.33 Å². The molecule has 1 aromatic rings. The molecule has 1 aliphatic carbocycles. The summed E-state index contributed by atoms with van der Waals surface area (Å²) in [5.41, 5.74) is 0. The molecular formula is C15H25N3O2. The van der Waals surface area contributed by atoms with Gasteiger partial charge in [0.05, 0.1) is 7.11 Å². The summed E-state index contributed by atoms with van der Waals surface area (Å²) in [6, 6.07) is 0. The largest absolute Gasteiger partial charge is 0.489 e. The van der Waals surface area contributed by atoms with E-state index in [1.54, 1.807) is 7.11 Å². The van der Waals surface area contributed by atoms with Gasteiger partial charge in [-0.05, 0) is 38.0 Å². The van der Waals surface area contributed by atoms with Gasteiger partial charge >= 0.3 is 0 Å². The van der Waals surface area contributed by atoms with Crippen LogP contribution in [0.4, 0.5) is 5.82 Å². The molecule has 3 unspecified atom stereocenters. The minimum absolute atomic E-state index is 0.222. The Bertz CT molecular complexity index is 439. The lowest BCUT2D eigenvalue weighted by Gasteiger charge is -2.32. The Labute approximate surface area is 121 Å². The fraction of sp³-hybridized carbons (Fsp3) is 0.733. The van der Waals surface area contributed by atoms with Crippen LogP contribution in [-0.2, 0) is 0 Å². The molecule has 1 fully saturated rings. The first-order chi connectivity index (χ1) is 9.65. The van der Waals surface area contributed by atoms with Crippen molar-refractivity contribution in [3.8, 4) is 11.6 Å². The number of methoxy groups -OCH3 is 1. The van der Waals surface area contributed by atoms with Gasteiger partial charge in [-0.1, -0.05) is 13.8 Å². The van der Waals surface area contributed by atoms with Crippen LogP contribution in [0.15, 0.2) is 6.33 Å². The average Bonchev–Trinajstić information content (AvgIpc) is 2.44. The normalized spacial score (nSPS) is 26.1. The predicted molar refractivity (Wildman–Crippen MR) is 79.3 cm³/mol. The first-order valence-corrected chi connectivity index (χ1v) is 7.45. The van der Waals surface area contributed by atoms with E-state index in [9.17, 15) is 0 Å². The molecule has 3 atom stereocenters. The third-order valence-electron chi connectivity index (χ3n) is 4.15. The molecule has 20 heavy (non-hydrogen) atoms. The van der Waals surface area contributed by atoms with Crippen molar-refractivity contribution in [1.82, 2.24) is 9.97 Å². The molecule has 1 aromatic heterocycles. The maximum atomic E-state index is 6.07. The SMILES string of the molecule is CCNc1ncnc(OC2CCC(C)C(C)C2)c1OC. The van der Waals surface area contributed by atoms with Crippen LogP contribution in [0.3, 0.4) is 0 Å². The molecule has 1 N–H and O–H groups in total. The van der Waals surface area contributed by atoms with Crippen LogP contribution in [0.2, 0.25) is 0 Å². The van der Waals surface area contributed by atoms with Crippen LogP contribution < -0.4 is 14.8 Å². The number of nitrogens with one attached hydrogen (secondary N) is 1. The van der Waals surface area contributed by atoms with E-state index in [2.05, 4.69) is 29.1 Å². The lowest BCUT2D eigenvalue weighted by molar-refractivity contribution is 0.0932. The minimum Gasteiger partial charge on any atom is -0.489 e. The maximum absolute atomic E-state index is 6.07. The first kappa shape index (κ1) is 14.9. The van der Waals surface area contributed by atoms with Crippen molar-refractivity contribution < 1.29 is 9.47 Å². The Morgan fingerprint density at radius 3 is 2.70 bits per heavy atom. The molecule has 1 heterocycles. The fourth-order valence-electron chi connectivity index (χ4n) is 2.68. The second-order valence-corrected chi connectivity index (χ2v) is 5.60. The zero-order valence-corrected chi connectivity index (χ0v) is 12.8. The van der Waals surface area contributed by atoms with Gasteiger partial charge in [0.15, 0.2) is 5.82 Å². The highest BCUT2D eigenvalue weighted by molar-refractivity contribution is 5.54. The number of anilines is 1. The number of hydrogen-bond donors (Lipinski definition) is 1. The molecule has 1 aliphatic rings. The van der Waals surface area contributed by atoms with Crippen LogP contribution >= 0.6 is 0 Å². The molecule has 1 saturated carbocycles. The highest BCUT2D eigenvalue weighted by Gasteiger charge is 2.27. The number of nitrogens with zero attached hydrogens (tertiary/aromatic N) is 2. The molecule has 112 valence electrons. The van der Waals surface area contributed by atoms with Crippen LogP contribution in [0, 0.1) is 11.8 Å². The molecule has 5 heteroatoms. The third kappa shape index (κ3) is 3.32. The number of aromatic nitrogens is 2. The van der Waals surface area contributed by atoms with Gasteiger partial charge in [0.2, 0.25) is 5.75 Å². The molecule has 0 aromatic carbocycles.